The lowest BCUT2D eigenvalue weighted by molar-refractivity contribution is 0.201. The first kappa shape index (κ1) is 10.7. The second-order valence-electron chi connectivity index (χ2n) is 4.49. The van der Waals surface area contributed by atoms with Crippen LogP contribution in [0.4, 0.5) is 0 Å². The zero-order valence-corrected chi connectivity index (χ0v) is 9.88. The SMILES string of the molecule is Cc1cccc(C2CNCCN2C)c1C. The summed E-state index contributed by atoms with van der Waals surface area (Å²) in [6.45, 7) is 7.74. The van der Waals surface area contributed by atoms with E-state index in [1.54, 1.807) is 0 Å². The van der Waals surface area contributed by atoms with Gasteiger partial charge in [0, 0.05) is 25.7 Å². The largest absolute Gasteiger partial charge is 0.314 e. The third kappa shape index (κ3) is 2.06. The number of benzene rings is 1. The lowest BCUT2D eigenvalue weighted by atomic mass is 9.96. The second kappa shape index (κ2) is 4.33. The van der Waals surface area contributed by atoms with E-state index in [1.807, 2.05) is 0 Å². The molecule has 2 heteroatoms. The number of piperazine rings is 1. The Bertz CT molecular complexity index is 346. The molecule has 1 aromatic carbocycles. The van der Waals surface area contributed by atoms with Crippen molar-refractivity contribution >= 4 is 0 Å². The van der Waals surface area contributed by atoms with E-state index >= 15 is 0 Å². The number of likely N-dealkylation sites (N-methyl/N-ethyl adjacent to an activating group) is 1. The van der Waals surface area contributed by atoms with Gasteiger partial charge < -0.3 is 5.32 Å². The smallest absolute Gasteiger partial charge is 0.0472 e. The number of aryl methyl sites for hydroxylation is 1. The average molecular weight is 204 g/mol. The number of nitrogens with zero attached hydrogens (tertiary/aromatic N) is 1. The molecule has 1 fully saturated rings. The molecule has 1 aromatic rings. The van der Waals surface area contributed by atoms with Gasteiger partial charge in [-0.25, -0.2) is 0 Å². The minimum absolute atomic E-state index is 0.540. The van der Waals surface area contributed by atoms with Gasteiger partial charge in [0.25, 0.3) is 0 Å². The quantitative estimate of drug-likeness (QED) is 0.751. The van der Waals surface area contributed by atoms with Crippen LogP contribution in [0.5, 0.6) is 0 Å². The van der Waals surface area contributed by atoms with Gasteiger partial charge in [-0.15, -0.1) is 0 Å². The van der Waals surface area contributed by atoms with Crippen molar-refractivity contribution in [3.05, 3.63) is 34.9 Å². The zero-order valence-electron chi connectivity index (χ0n) is 9.88. The summed E-state index contributed by atoms with van der Waals surface area (Å²) in [5, 5.41) is 3.47. The lowest BCUT2D eigenvalue weighted by Gasteiger charge is -2.34. The van der Waals surface area contributed by atoms with Crippen molar-refractivity contribution in [3.8, 4) is 0 Å². The van der Waals surface area contributed by atoms with Gasteiger partial charge in [0.05, 0.1) is 0 Å². The monoisotopic (exact) mass is 204 g/mol. The molecule has 1 saturated heterocycles. The third-order valence-electron chi connectivity index (χ3n) is 3.52. The van der Waals surface area contributed by atoms with Crippen LogP contribution in [0.25, 0.3) is 0 Å². The fraction of sp³-hybridized carbons (Fsp3) is 0.538. The highest BCUT2D eigenvalue weighted by atomic mass is 15.2. The third-order valence-corrected chi connectivity index (χ3v) is 3.52. The average Bonchev–Trinajstić information content (AvgIpc) is 2.23. The first-order chi connectivity index (χ1) is 7.20. The topological polar surface area (TPSA) is 15.3 Å². The predicted molar refractivity (Wildman–Crippen MR) is 64.2 cm³/mol. The lowest BCUT2D eigenvalue weighted by Crippen LogP contribution is -2.44. The van der Waals surface area contributed by atoms with E-state index in [9.17, 15) is 0 Å². The van der Waals surface area contributed by atoms with Crippen LogP contribution in [-0.2, 0) is 0 Å². The molecule has 1 aliphatic rings. The van der Waals surface area contributed by atoms with E-state index < -0.39 is 0 Å². The molecule has 0 aromatic heterocycles. The summed E-state index contributed by atoms with van der Waals surface area (Å²) in [6, 6.07) is 7.16. The summed E-state index contributed by atoms with van der Waals surface area (Å²) in [4.78, 5) is 2.44. The molecule has 2 rings (SSSR count). The zero-order chi connectivity index (χ0) is 10.8. The number of nitrogens with one attached hydrogen (secondary N) is 1. The fourth-order valence-corrected chi connectivity index (χ4v) is 2.29. The van der Waals surface area contributed by atoms with Gasteiger partial charge in [0.15, 0.2) is 0 Å². The van der Waals surface area contributed by atoms with Gasteiger partial charge in [-0.1, -0.05) is 18.2 Å². The van der Waals surface area contributed by atoms with Crippen LogP contribution >= 0.6 is 0 Å². The fourth-order valence-electron chi connectivity index (χ4n) is 2.29. The maximum absolute atomic E-state index is 3.47. The van der Waals surface area contributed by atoms with E-state index in [4.69, 9.17) is 0 Å². The van der Waals surface area contributed by atoms with Gasteiger partial charge in [0.1, 0.15) is 0 Å². The van der Waals surface area contributed by atoms with Crippen LogP contribution in [0.3, 0.4) is 0 Å². The van der Waals surface area contributed by atoms with Gasteiger partial charge >= 0.3 is 0 Å². The summed E-state index contributed by atoms with van der Waals surface area (Å²) < 4.78 is 0. The van der Waals surface area contributed by atoms with Crippen molar-refractivity contribution in [2.24, 2.45) is 0 Å². The molecule has 0 saturated carbocycles. The Hall–Kier alpha value is -0.860. The molecule has 15 heavy (non-hydrogen) atoms. The van der Waals surface area contributed by atoms with Gasteiger partial charge in [-0.3, -0.25) is 4.90 Å². The number of rotatable bonds is 1. The van der Waals surface area contributed by atoms with E-state index in [0.29, 0.717) is 6.04 Å². The van der Waals surface area contributed by atoms with Gasteiger partial charge in [-0.05, 0) is 37.6 Å². The molecule has 0 amide bonds. The summed E-state index contributed by atoms with van der Waals surface area (Å²) in [5.41, 5.74) is 4.31. The molecule has 1 atom stereocenters. The first-order valence-corrected chi connectivity index (χ1v) is 5.67. The van der Waals surface area contributed by atoms with Crippen LogP contribution < -0.4 is 5.32 Å². The summed E-state index contributed by atoms with van der Waals surface area (Å²) in [6.07, 6.45) is 0. The van der Waals surface area contributed by atoms with Crippen molar-refractivity contribution in [1.29, 1.82) is 0 Å². The Morgan fingerprint density at radius 2 is 2.13 bits per heavy atom. The van der Waals surface area contributed by atoms with Crippen LogP contribution in [-0.4, -0.2) is 31.6 Å². The van der Waals surface area contributed by atoms with E-state index in [0.717, 1.165) is 19.6 Å². The molecular weight excluding hydrogens is 184 g/mol. The Morgan fingerprint density at radius 3 is 2.87 bits per heavy atom. The normalized spacial score (nSPS) is 23.0. The molecule has 0 bridgehead atoms. The van der Waals surface area contributed by atoms with E-state index in [2.05, 4.69) is 49.3 Å². The second-order valence-corrected chi connectivity index (χ2v) is 4.49. The van der Waals surface area contributed by atoms with Gasteiger partial charge in [0.2, 0.25) is 0 Å². The standard InChI is InChI=1S/C13H20N2/c1-10-5-4-6-12(11(10)2)13-9-14-7-8-15(13)3/h4-6,13-14H,7-9H2,1-3H3. The predicted octanol–water partition coefficient (Wildman–Crippen LogP) is 1.88. The molecule has 0 radical (unpaired) electrons. The first-order valence-electron chi connectivity index (χ1n) is 5.67. The minimum atomic E-state index is 0.540. The highest BCUT2D eigenvalue weighted by Crippen LogP contribution is 2.25. The van der Waals surface area contributed by atoms with Crippen LogP contribution in [0.2, 0.25) is 0 Å². The van der Waals surface area contributed by atoms with Crippen molar-refractivity contribution in [1.82, 2.24) is 10.2 Å². The Labute approximate surface area is 92.3 Å². The molecule has 0 aliphatic carbocycles. The van der Waals surface area contributed by atoms with Crippen molar-refractivity contribution < 1.29 is 0 Å². The van der Waals surface area contributed by atoms with Crippen LogP contribution in [0.1, 0.15) is 22.7 Å². The van der Waals surface area contributed by atoms with Crippen molar-refractivity contribution in [3.63, 3.8) is 0 Å². The molecule has 1 aliphatic heterocycles. The van der Waals surface area contributed by atoms with E-state index in [-0.39, 0.29) is 0 Å². The van der Waals surface area contributed by atoms with Crippen molar-refractivity contribution in [2.45, 2.75) is 19.9 Å². The molecule has 2 nitrogen and oxygen atoms in total. The Morgan fingerprint density at radius 1 is 1.33 bits per heavy atom. The number of hydrogen-bond donors (Lipinski definition) is 1. The van der Waals surface area contributed by atoms with Crippen LogP contribution in [0, 0.1) is 13.8 Å². The maximum atomic E-state index is 3.47. The molecule has 82 valence electrons. The Balaban J connectivity index is 2.31. The van der Waals surface area contributed by atoms with Crippen molar-refractivity contribution in [2.75, 3.05) is 26.7 Å². The molecule has 1 heterocycles. The van der Waals surface area contributed by atoms with Crippen LogP contribution in [0.15, 0.2) is 18.2 Å². The summed E-state index contributed by atoms with van der Waals surface area (Å²) >= 11 is 0. The minimum Gasteiger partial charge on any atom is -0.314 e. The Kier molecular flexibility index (Phi) is 3.08. The molecule has 0 spiro atoms. The highest BCUT2D eigenvalue weighted by molar-refractivity contribution is 5.35. The maximum Gasteiger partial charge on any atom is 0.0472 e. The van der Waals surface area contributed by atoms with E-state index in [1.165, 1.54) is 16.7 Å². The number of hydrogen-bond acceptors (Lipinski definition) is 2. The summed E-state index contributed by atoms with van der Waals surface area (Å²) in [5.74, 6) is 0. The molecule has 1 unspecified atom stereocenters. The summed E-state index contributed by atoms with van der Waals surface area (Å²) in [7, 11) is 2.22. The van der Waals surface area contributed by atoms with Gasteiger partial charge in [-0.2, -0.15) is 0 Å². The molecular formula is C13H20N2. The molecule has 1 N–H and O–H groups in total. The highest BCUT2D eigenvalue weighted by Gasteiger charge is 2.21.